The normalized spacial score (nSPS) is 45.7. The van der Waals surface area contributed by atoms with Crippen LogP contribution in [0.25, 0.3) is 0 Å². The molecule has 6 bridgehead atoms. The first-order chi connectivity index (χ1) is 17.3. The molecule has 7 rings (SSSR count). The van der Waals surface area contributed by atoms with Crippen molar-refractivity contribution in [1.82, 2.24) is 0 Å². The summed E-state index contributed by atoms with van der Waals surface area (Å²) >= 11 is 0. The third-order valence-electron chi connectivity index (χ3n) is 10.1. The number of aliphatic hydroxyl groups is 1. The summed E-state index contributed by atoms with van der Waals surface area (Å²) in [6.45, 7) is 2.69. The number of carbonyl (C=O) groups is 4. The van der Waals surface area contributed by atoms with Gasteiger partial charge in [-0.15, -0.1) is 0 Å². The van der Waals surface area contributed by atoms with Gasteiger partial charge >= 0.3 is 23.8 Å². The third kappa shape index (κ3) is 3.48. The molecule has 1 heterocycles. The van der Waals surface area contributed by atoms with Crippen LogP contribution < -0.4 is 5.11 Å². The zero-order valence-electron chi connectivity index (χ0n) is 20.7. The Hall–Kier alpha value is -2.30. The van der Waals surface area contributed by atoms with Crippen LogP contribution >= 0.6 is 0 Å². The second kappa shape index (κ2) is 7.86. The van der Waals surface area contributed by atoms with Crippen molar-refractivity contribution in [2.75, 3.05) is 0 Å². The van der Waals surface area contributed by atoms with Gasteiger partial charge < -0.3 is 29.2 Å². The molecule has 9 unspecified atom stereocenters. The minimum Gasteiger partial charge on any atom is -0.544 e. The molecular weight excluding hydrogens is 494 g/mol. The maximum Gasteiger partial charge on any atom is 0.323 e. The van der Waals surface area contributed by atoms with Gasteiger partial charge in [-0.1, -0.05) is 13.8 Å². The number of carbonyl (C=O) groups excluding carboxylic acids is 4. The summed E-state index contributed by atoms with van der Waals surface area (Å²) < 4.78 is 45.4. The van der Waals surface area contributed by atoms with Crippen LogP contribution in [0.15, 0.2) is 0 Å². The van der Waals surface area contributed by atoms with Crippen LogP contribution in [0.2, 0.25) is 0 Å². The lowest BCUT2D eigenvalue weighted by Gasteiger charge is -2.60. The van der Waals surface area contributed by atoms with E-state index in [-0.39, 0.29) is 24.2 Å². The van der Waals surface area contributed by atoms with Crippen molar-refractivity contribution in [2.24, 2.45) is 46.8 Å². The number of hydrogen-bond donors (Lipinski definition) is 1. The molecule has 11 heteroatoms. The number of ether oxygens (including phenoxy) is 3. The van der Waals surface area contributed by atoms with E-state index in [1.54, 1.807) is 0 Å². The predicted octanol–water partition coefficient (Wildman–Crippen LogP) is 0.990. The molecule has 1 N–H and O–H groups in total. The fourth-order valence-electron chi connectivity index (χ4n) is 9.14. The van der Waals surface area contributed by atoms with E-state index in [9.17, 15) is 38.2 Å². The summed E-state index contributed by atoms with van der Waals surface area (Å²) in [4.78, 5) is 50.5. The van der Waals surface area contributed by atoms with Gasteiger partial charge in [0.05, 0.1) is 23.4 Å². The first kappa shape index (κ1) is 25.0. The van der Waals surface area contributed by atoms with Crippen molar-refractivity contribution in [1.29, 1.82) is 0 Å². The number of aliphatic carboxylic acids is 1. The minimum absolute atomic E-state index is 0.0206. The lowest BCUT2D eigenvalue weighted by atomic mass is 9.48. The summed E-state index contributed by atoms with van der Waals surface area (Å²) in [5.41, 5.74) is -2.16. The molecule has 0 radical (unpaired) electrons. The topological polar surface area (TPSA) is 139 Å². The predicted molar refractivity (Wildman–Crippen MR) is 115 cm³/mol. The molecule has 0 aromatic carbocycles. The highest BCUT2D eigenvalue weighted by Crippen LogP contribution is 2.64. The molecule has 1 aliphatic heterocycles. The monoisotopic (exact) mass is 525 g/mol. The average molecular weight is 526 g/mol. The van der Waals surface area contributed by atoms with Crippen LogP contribution in [0.4, 0.5) is 8.78 Å². The van der Waals surface area contributed by atoms with E-state index in [2.05, 4.69) is 0 Å². The number of carboxylic acids is 1. The van der Waals surface area contributed by atoms with E-state index in [0.29, 0.717) is 32.1 Å². The fourth-order valence-corrected chi connectivity index (χ4v) is 9.14. The molecule has 0 spiro atoms. The zero-order chi connectivity index (χ0) is 26.7. The molecule has 9 nitrogen and oxygen atoms in total. The number of halogens is 2. The molecular formula is C26H31F2O9-. The summed E-state index contributed by atoms with van der Waals surface area (Å²) in [7, 11) is 0. The molecule has 7 aliphatic rings. The first-order valence-corrected chi connectivity index (χ1v) is 13.2. The van der Waals surface area contributed by atoms with Crippen LogP contribution in [0.3, 0.4) is 0 Å². The Morgan fingerprint density at radius 3 is 2.35 bits per heavy atom. The van der Waals surface area contributed by atoms with E-state index in [1.165, 1.54) is 13.8 Å². The molecule has 9 atom stereocenters. The average Bonchev–Trinajstić information content (AvgIpc) is 3.39. The fraction of sp³-hybridized carbons (Fsp3) is 0.846. The number of rotatable bonds is 7. The van der Waals surface area contributed by atoms with Gasteiger partial charge in [0.2, 0.25) is 0 Å². The highest BCUT2D eigenvalue weighted by molar-refractivity contribution is 5.86. The van der Waals surface area contributed by atoms with Gasteiger partial charge in [-0.25, -0.2) is 0 Å². The van der Waals surface area contributed by atoms with Crippen molar-refractivity contribution in [3.8, 4) is 0 Å². The van der Waals surface area contributed by atoms with Crippen LogP contribution in [0, 0.1) is 46.8 Å². The number of aliphatic hydroxyl groups excluding tert-OH is 1. The number of carboxylic acid groups (broad SMARTS) is 1. The SMILES string of the molecule is CC(C)C(OC(=O)C12CC3CC(CC(OC(=O)C4C5CC6C(OC(=O)C64)C5O)(C3)C1)C2)C(F)(F)C(=O)[O-]. The van der Waals surface area contributed by atoms with Gasteiger partial charge in [0.25, 0.3) is 0 Å². The molecule has 0 aromatic rings. The highest BCUT2D eigenvalue weighted by Gasteiger charge is 2.70. The van der Waals surface area contributed by atoms with Crippen LogP contribution in [0.1, 0.15) is 58.8 Å². The summed E-state index contributed by atoms with van der Waals surface area (Å²) in [6.07, 6.45) is -0.408. The minimum atomic E-state index is -4.35. The summed E-state index contributed by atoms with van der Waals surface area (Å²) in [5, 5.41) is 21.7. The Balaban J connectivity index is 1.23. The van der Waals surface area contributed by atoms with E-state index in [4.69, 9.17) is 14.2 Å². The quantitative estimate of drug-likeness (QED) is 0.381. The molecule has 0 amide bonds. The smallest absolute Gasteiger partial charge is 0.323 e. The standard InChI is InChI=1S/C26H32F2O9/c1-10(2)19(26(27,28)22(32)33)36-23(34)24-5-11-3-12(6-24)8-25(7-11,9-24)37-21(31)15-13-4-14-16(15)20(30)35-18(14)17(13)29/h10-19,29H,3-9H2,1-2H3,(H,32,33)/p-1. The van der Waals surface area contributed by atoms with Crippen LogP contribution in [0.5, 0.6) is 0 Å². The lowest BCUT2D eigenvalue weighted by molar-refractivity contribution is -0.338. The van der Waals surface area contributed by atoms with Crippen molar-refractivity contribution in [3.63, 3.8) is 0 Å². The molecule has 6 aliphatic carbocycles. The number of alkyl halides is 2. The maximum atomic E-state index is 14.4. The van der Waals surface area contributed by atoms with Gasteiger partial charge in [0, 0.05) is 18.3 Å². The Morgan fingerprint density at radius 2 is 1.76 bits per heavy atom. The largest absolute Gasteiger partial charge is 0.544 e. The third-order valence-corrected chi connectivity index (χ3v) is 10.1. The van der Waals surface area contributed by atoms with Crippen molar-refractivity contribution in [3.05, 3.63) is 0 Å². The van der Waals surface area contributed by atoms with Gasteiger partial charge in [-0.2, -0.15) is 8.78 Å². The first-order valence-electron chi connectivity index (χ1n) is 13.2. The van der Waals surface area contributed by atoms with Crippen molar-refractivity contribution >= 4 is 23.9 Å². The Labute approximate surface area is 212 Å². The van der Waals surface area contributed by atoms with E-state index < -0.39 is 82.8 Å². The summed E-state index contributed by atoms with van der Waals surface area (Å²) in [5.74, 6) is -11.9. The van der Waals surface area contributed by atoms with E-state index >= 15 is 0 Å². The maximum absolute atomic E-state index is 14.4. The molecule has 37 heavy (non-hydrogen) atoms. The summed E-state index contributed by atoms with van der Waals surface area (Å²) in [6, 6.07) is 0. The van der Waals surface area contributed by atoms with Crippen molar-refractivity contribution in [2.45, 2.75) is 88.6 Å². The highest BCUT2D eigenvalue weighted by atomic mass is 19.3. The number of hydrogen-bond acceptors (Lipinski definition) is 9. The van der Waals surface area contributed by atoms with E-state index in [0.717, 1.165) is 6.42 Å². The lowest BCUT2D eigenvalue weighted by Crippen LogP contribution is -2.62. The van der Waals surface area contributed by atoms with Gasteiger partial charge in [-0.3, -0.25) is 14.4 Å². The van der Waals surface area contributed by atoms with Gasteiger partial charge in [-0.05, 0) is 56.3 Å². The molecule has 204 valence electrons. The Bertz CT molecular complexity index is 1040. The Kier molecular flexibility index (Phi) is 5.31. The number of esters is 3. The second-order valence-electron chi connectivity index (χ2n) is 12.8. The molecule has 1 saturated heterocycles. The zero-order valence-corrected chi connectivity index (χ0v) is 20.7. The van der Waals surface area contributed by atoms with Gasteiger partial charge in [0.15, 0.2) is 6.10 Å². The Morgan fingerprint density at radius 1 is 1.11 bits per heavy atom. The van der Waals surface area contributed by atoms with Crippen LogP contribution in [-0.4, -0.2) is 58.8 Å². The van der Waals surface area contributed by atoms with E-state index in [1.807, 2.05) is 0 Å². The number of fused-ring (bicyclic) bond motifs is 1. The molecule has 7 fully saturated rings. The molecule has 6 saturated carbocycles. The van der Waals surface area contributed by atoms with Crippen LogP contribution in [-0.2, 0) is 33.4 Å². The van der Waals surface area contributed by atoms with Gasteiger partial charge in [0.1, 0.15) is 17.7 Å². The molecule has 0 aromatic heterocycles. The second-order valence-corrected chi connectivity index (χ2v) is 12.8. The van der Waals surface area contributed by atoms with Crippen molar-refractivity contribution < 1.29 is 52.4 Å².